The number of esters is 2. The minimum atomic E-state index is -0.256. The molecule has 0 aromatic rings. The molecule has 0 bridgehead atoms. The molecule has 0 aromatic carbocycles. The number of carbonyl (C=O) groups is 2. The largest absolute Gasteiger partial charge is 0.393 e. The predicted octanol–water partition coefficient (Wildman–Crippen LogP) is 7.75. The van der Waals surface area contributed by atoms with Crippen LogP contribution in [0.5, 0.6) is 0 Å². The van der Waals surface area contributed by atoms with Gasteiger partial charge in [0.1, 0.15) is 0 Å². The van der Waals surface area contributed by atoms with Gasteiger partial charge in [-0.2, -0.15) is 0 Å². The average Bonchev–Trinajstić information content (AvgIpc) is 2.95. The Labute approximate surface area is 174 Å². The minimum absolute atomic E-state index is 0.165. The lowest BCUT2D eigenvalue weighted by molar-refractivity contribution is -0.153. The van der Waals surface area contributed by atoms with Crippen molar-refractivity contribution in [3.05, 3.63) is 0 Å². The molecule has 1 rings (SSSR count). The molecule has 3 heteroatoms. The lowest BCUT2D eigenvalue weighted by Crippen LogP contribution is -2.18. The molecule has 0 radical (unpaired) electrons. The molecule has 0 aliphatic carbocycles. The van der Waals surface area contributed by atoms with E-state index in [4.69, 9.17) is 4.74 Å². The van der Waals surface area contributed by atoms with Crippen molar-refractivity contribution < 1.29 is 14.3 Å². The highest BCUT2D eigenvalue weighted by molar-refractivity contribution is 5.96. The third kappa shape index (κ3) is 11.2. The zero-order chi connectivity index (χ0) is 20.5. The first-order valence-corrected chi connectivity index (χ1v) is 12.5. The summed E-state index contributed by atoms with van der Waals surface area (Å²) < 4.78 is 4.96. The van der Waals surface area contributed by atoms with Gasteiger partial charge in [-0.15, -0.1) is 0 Å². The molecular formula is C25H46O3. The van der Waals surface area contributed by atoms with Crippen LogP contribution in [0.2, 0.25) is 0 Å². The van der Waals surface area contributed by atoms with Crippen LogP contribution in [0.15, 0.2) is 0 Å². The van der Waals surface area contributed by atoms with Crippen molar-refractivity contribution in [1.82, 2.24) is 0 Å². The van der Waals surface area contributed by atoms with Crippen LogP contribution >= 0.6 is 0 Å². The Balaban J connectivity index is 2.09. The lowest BCUT2D eigenvalue weighted by atomic mass is 9.86. The van der Waals surface area contributed by atoms with Gasteiger partial charge in [0.15, 0.2) is 0 Å². The summed E-state index contributed by atoms with van der Waals surface area (Å²) in [5, 5.41) is 0. The SMILES string of the molecule is CCCCCCCCCCCCC1C(=O)OC(=O)C1CCCCCCCCC. The van der Waals surface area contributed by atoms with Gasteiger partial charge in [0.05, 0.1) is 11.8 Å². The Kier molecular flexibility index (Phi) is 15.3. The Morgan fingerprint density at radius 3 is 1.11 bits per heavy atom. The number of ether oxygens (including phenoxy) is 1. The summed E-state index contributed by atoms with van der Waals surface area (Å²) in [5.41, 5.74) is 0. The van der Waals surface area contributed by atoms with Crippen molar-refractivity contribution in [3.63, 3.8) is 0 Å². The van der Waals surface area contributed by atoms with Gasteiger partial charge in [-0.05, 0) is 12.8 Å². The van der Waals surface area contributed by atoms with E-state index in [0.29, 0.717) is 0 Å². The summed E-state index contributed by atoms with van der Waals surface area (Å²) >= 11 is 0. The molecule has 0 N–H and O–H groups in total. The van der Waals surface area contributed by atoms with Crippen LogP contribution in [0, 0.1) is 11.8 Å². The first-order valence-electron chi connectivity index (χ1n) is 12.5. The topological polar surface area (TPSA) is 43.4 Å². The summed E-state index contributed by atoms with van der Waals surface area (Å²) in [6, 6.07) is 0. The zero-order valence-corrected chi connectivity index (χ0v) is 18.8. The average molecular weight is 395 g/mol. The minimum Gasteiger partial charge on any atom is -0.393 e. The van der Waals surface area contributed by atoms with Crippen molar-refractivity contribution in [2.45, 2.75) is 136 Å². The molecule has 1 heterocycles. The molecule has 1 fully saturated rings. The summed E-state index contributed by atoms with van der Waals surface area (Å²) in [7, 11) is 0. The molecule has 0 aromatic heterocycles. The van der Waals surface area contributed by atoms with Crippen LogP contribution in [-0.4, -0.2) is 11.9 Å². The molecule has 1 saturated heterocycles. The fraction of sp³-hybridized carbons (Fsp3) is 0.920. The summed E-state index contributed by atoms with van der Waals surface area (Å²) in [5.74, 6) is -0.842. The van der Waals surface area contributed by atoms with E-state index in [-0.39, 0.29) is 23.8 Å². The van der Waals surface area contributed by atoms with Crippen molar-refractivity contribution in [2.24, 2.45) is 11.8 Å². The van der Waals surface area contributed by atoms with Gasteiger partial charge in [-0.3, -0.25) is 9.59 Å². The third-order valence-corrected chi connectivity index (χ3v) is 6.28. The van der Waals surface area contributed by atoms with E-state index in [2.05, 4.69) is 13.8 Å². The van der Waals surface area contributed by atoms with Crippen molar-refractivity contribution in [2.75, 3.05) is 0 Å². The number of unbranched alkanes of at least 4 members (excludes halogenated alkanes) is 15. The van der Waals surface area contributed by atoms with Crippen LogP contribution in [-0.2, 0) is 14.3 Å². The maximum absolute atomic E-state index is 12.1. The highest BCUT2D eigenvalue weighted by Crippen LogP contribution is 2.32. The quantitative estimate of drug-likeness (QED) is 0.128. The number of rotatable bonds is 19. The molecule has 0 saturated carbocycles. The molecule has 0 spiro atoms. The fourth-order valence-electron chi connectivity index (χ4n) is 4.39. The summed E-state index contributed by atoms with van der Waals surface area (Å²) in [4.78, 5) is 24.1. The Morgan fingerprint density at radius 1 is 0.500 bits per heavy atom. The van der Waals surface area contributed by atoms with Gasteiger partial charge in [-0.1, -0.05) is 123 Å². The van der Waals surface area contributed by atoms with Crippen molar-refractivity contribution >= 4 is 11.9 Å². The number of cyclic esters (lactones) is 2. The van der Waals surface area contributed by atoms with E-state index >= 15 is 0 Å². The second kappa shape index (κ2) is 17.0. The summed E-state index contributed by atoms with van der Waals surface area (Å²) in [6.45, 7) is 4.49. The fourth-order valence-corrected chi connectivity index (χ4v) is 4.39. The molecule has 3 nitrogen and oxygen atoms in total. The van der Waals surface area contributed by atoms with Gasteiger partial charge < -0.3 is 4.74 Å². The maximum atomic E-state index is 12.1. The second-order valence-corrected chi connectivity index (χ2v) is 8.83. The standard InChI is InChI=1S/C25H46O3/c1-3-5-7-9-11-12-13-15-17-19-21-23-22(24(26)28-25(23)27)20-18-16-14-10-8-6-4-2/h22-23H,3-21H2,1-2H3. The second-order valence-electron chi connectivity index (χ2n) is 8.83. The van der Waals surface area contributed by atoms with Gasteiger partial charge in [0, 0.05) is 0 Å². The predicted molar refractivity (Wildman–Crippen MR) is 117 cm³/mol. The van der Waals surface area contributed by atoms with Crippen LogP contribution in [0.1, 0.15) is 136 Å². The van der Waals surface area contributed by atoms with E-state index in [1.54, 1.807) is 0 Å². The molecule has 2 atom stereocenters. The Morgan fingerprint density at radius 2 is 0.786 bits per heavy atom. The van der Waals surface area contributed by atoms with Gasteiger partial charge in [0.25, 0.3) is 0 Å². The molecule has 1 aliphatic rings. The maximum Gasteiger partial charge on any atom is 0.317 e. The lowest BCUT2D eigenvalue weighted by Gasteiger charge is -2.13. The Bertz CT molecular complexity index is 405. The van der Waals surface area contributed by atoms with Gasteiger partial charge >= 0.3 is 11.9 Å². The molecular weight excluding hydrogens is 348 g/mol. The summed E-state index contributed by atoms with van der Waals surface area (Å²) in [6.07, 6.45) is 23.3. The van der Waals surface area contributed by atoms with E-state index in [0.717, 1.165) is 25.7 Å². The monoisotopic (exact) mass is 394 g/mol. The van der Waals surface area contributed by atoms with Crippen LogP contribution in [0.25, 0.3) is 0 Å². The zero-order valence-electron chi connectivity index (χ0n) is 18.8. The van der Waals surface area contributed by atoms with Crippen LogP contribution in [0.4, 0.5) is 0 Å². The molecule has 0 amide bonds. The van der Waals surface area contributed by atoms with E-state index < -0.39 is 0 Å². The number of carbonyl (C=O) groups excluding carboxylic acids is 2. The van der Waals surface area contributed by atoms with Crippen LogP contribution in [0.3, 0.4) is 0 Å². The first kappa shape index (κ1) is 25.2. The van der Waals surface area contributed by atoms with E-state index in [9.17, 15) is 9.59 Å². The van der Waals surface area contributed by atoms with Gasteiger partial charge in [0.2, 0.25) is 0 Å². The highest BCUT2D eigenvalue weighted by atomic mass is 16.6. The van der Waals surface area contributed by atoms with Crippen molar-refractivity contribution in [3.8, 4) is 0 Å². The number of hydrogen-bond acceptors (Lipinski definition) is 3. The smallest absolute Gasteiger partial charge is 0.317 e. The molecule has 2 unspecified atom stereocenters. The third-order valence-electron chi connectivity index (χ3n) is 6.28. The molecule has 164 valence electrons. The van der Waals surface area contributed by atoms with Gasteiger partial charge in [-0.25, -0.2) is 0 Å². The first-order chi connectivity index (χ1) is 13.7. The Hall–Kier alpha value is -0.860. The van der Waals surface area contributed by atoms with Crippen molar-refractivity contribution in [1.29, 1.82) is 0 Å². The van der Waals surface area contributed by atoms with Crippen LogP contribution < -0.4 is 0 Å². The van der Waals surface area contributed by atoms with E-state index in [1.807, 2.05) is 0 Å². The highest BCUT2D eigenvalue weighted by Gasteiger charge is 2.42. The molecule has 1 aliphatic heterocycles. The van der Waals surface area contributed by atoms with E-state index in [1.165, 1.54) is 96.3 Å². The molecule has 28 heavy (non-hydrogen) atoms. The normalized spacial score (nSPS) is 19.4. The number of hydrogen-bond donors (Lipinski definition) is 0.